The summed E-state index contributed by atoms with van der Waals surface area (Å²) in [5.74, 6) is -0.178. The molecule has 2 aliphatic rings. The normalized spacial score (nSPS) is 20.4. The maximum Gasteiger partial charge on any atom is 0.389 e. The molecule has 2 unspecified atom stereocenters. The third kappa shape index (κ3) is 6.22. The van der Waals surface area contributed by atoms with E-state index in [4.69, 9.17) is 21.6 Å². The fourth-order valence-corrected chi connectivity index (χ4v) is 3.59. The van der Waals surface area contributed by atoms with E-state index >= 15 is 0 Å². The Labute approximate surface area is 182 Å². The molecular formula is C19H22ClF3N6O2. The molecule has 0 aliphatic carbocycles. The number of carbonyl (C=O) groups excluding carboxylic acids is 1. The van der Waals surface area contributed by atoms with Crippen LogP contribution < -0.4 is 10.6 Å². The predicted octanol–water partition coefficient (Wildman–Crippen LogP) is 1.87. The van der Waals surface area contributed by atoms with Crippen molar-refractivity contribution in [2.45, 2.75) is 31.3 Å². The zero-order chi connectivity index (χ0) is 22.4. The number of alkyl halides is 3. The quantitative estimate of drug-likeness (QED) is 0.267. The van der Waals surface area contributed by atoms with Crippen molar-refractivity contribution in [2.75, 3.05) is 32.8 Å². The Kier molecular flexibility index (Phi) is 7.59. The van der Waals surface area contributed by atoms with Gasteiger partial charge in [-0.1, -0.05) is 23.7 Å². The molecule has 0 radical (unpaired) electrons. The molecule has 168 valence electrons. The summed E-state index contributed by atoms with van der Waals surface area (Å²) in [4.78, 5) is 14.1. The molecular weight excluding hydrogens is 437 g/mol. The van der Waals surface area contributed by atoms with Crippen molar-refractivity contribution in [1.82, 2.24) is 20.5 Å². The van der Waals surface area contributed by atoms with Gasteiger partial charge in [0.05, 0.1) is 24.9 Å². The van der Waals surface area contributed by atoms with Crippen molar-refractivity contribution in [3.8, 4) is 6.19 Å². The number of rotatable bonds is 8. The third-order valence-corrected chi connectivity index (χ3v) is 5.18. The van der Waals surface area contributed by atoms with E-state index in [1.807, 2.05) is 0 Å². The minimum Gasteiger partial charge on any atom is -0.370 e. The fourth-order valence-electron chi connectivity index (χ4n) is 3.47. The number of hydrogen-bond acceptors (Lipinski definition) is 7. The van der Waals surface area contributed by atoms with Gasteiger partial charge >= 0.3 is 6.18 Å². The highest BCUT2D eigenvalue weighted by molar-refractivity contribution is 6.30. The van der Waals surface area contributed by atoms with Gasteiger partial charge in [-0.2, -0.15) is 23.5 Å². The van der Waals surface area contributed by atoms with Crippen molar-refractivity contribution in [1.29, 1.82) is 5.26 Å². The minimum absolute atomic E-state index is 0.0278. The second-order valence-corrected chi connectivity index (χ2v) is 7.54. The maximum absolute atomic E-state index is 12.4. The van der Waals surface area contributed by atoms with Crippen LogP contribution in [0.3, 0.4) is 0 Å². The number of benzene rings is 1. The molecule has 3 rings (SSSR count). The molecule has 0 aromatic heterocycles. The number of nitrogens with one attached hydrogen (secondary N) is 2. The first-order chi connectivity index (χ1) is 14.8. The molecule has 1 aromatic rings. The highest BCUT2D eigenvalue weighted by Gasteiger charge is 2.38. The summed E-state index contributed by atoms with van der Waals surface area (Å²) in [5.41, 5.74) is 1.36. The highest BCUT2D eigenvalue weighted by Crippen LogP contribution is 2.23. The standard InChI is InChI=1S/C19H22ClF3N6O2/c20-14-4-2-13(3-5-14)17-15(28-8-9-31-11-16(28)30)10-29(27-17)18(26-12-24)25-7-1-6-19(21,22)23/h2-5,15,18,25-26H,1,6-11H2. The Morgan fingerprint density at radius 2 is 2.10 bits per heavy atom. The van der Waals surface area contributed by atoms with Crippen molar-refractivity contribution in [3.63, 3.8) is 0 Å². The lowest BCUT2D eigenvalue weighted by Crippen LogP contribution is -2.55. The van der Waals surface area contributed by atoms with Crippen LogP contribution in [0.2, 0.25) is 5.02 Å². The first-order valence-electron chi connectivity index (χ1n) is 9.71. The zero-order valence-corrected chi connectivity index (χ0v) is 17.3. The van der Waals surface area contributed by atoms with Gasteiger partial charge in [-0.15, -0.1) is 0 Å². The summed E-state index contributed by atoms with van der Waals surface area (Å²) in [7, 11) is 0. The van der Waals surface area contributed by atoms with E-state index in [0.29, 0.717) is 23.9 Å². The first-order valence-corrected chi connectivity index (χ1v) is 10.1. The number of halogens is 4. The Balaban J connectivity index is 1.79. The molecule has 31 heavy (non-hydrogen) atoms. The number of nitrogens with zero attached hydrogens (tertiary/aromatic N) is 4. The molecule has 0 spiro atoms. The van der Waals surface area contributed by atoms with Crippen LogP contribution in [0.1, 0.15) is 18.4 Å². The van der Waals surface area contributed by atoms with Gasteiger partial charge in [0.1, 0.15) is 6.61 Å². The fraction of sp³-hybridized carbons (Fsp3) is 0.526. The molecule has 2 heterocycles. The van der Waals surface area contributed by atoms with E-state index in [2.05, 4.69) is 15.7 Å². The van der Waals surface area contributed by atoms with E-state index in [0.717, 1.165) is 5.56 Å². The van der Waals surface area contributed by atoms with Gasteiger partial charge in [0.15, 0.2) is 12.5 Å². The van der Waals surface area contributed by atoms with E-state index in [-0.39, 0.29) is 32.0 Å². The molecule has 12 heteroatoms. The van der Waals surface area contributed by atoms with Crippen LogP contribution in [-0.4, -0.2) is 72.9 Å². The molecule has 0 bridgehead atoms. The van der Waals surface area contributed by atoms with Crippen LogP contribution >= 0.6 is 11.6 Å². The van der Waals surface area contributed by atoms with Crippen molar-refractivity contribution < 1.29 is 22.7 Å². The molecule has 1 amide bonds. The average Bonchev–Trinajstić information content (AvgIpc) is 3.15. The molecule has 2 atom stereocenters. The van der Waals surface area contributed by atoms with E-state index in [9.17, 15) is 18.0 Å². The SMILES string of the molecule is N#CNC(NCCCC(F)(F)F)N1CC(N2CCOCC2=O)C(c2ccc(Cl)cc2)=N1. The Bertz CT molecular complexity index is 843. The van der Waals surface area contributed by atoms with Gasteiger partial charge in [0.2, 0.25) is 5.91 Å². The van der Waals surface area contributed by atoms with Crippen LogP contribution in [0.5, 0.6) is 0 Å². The maximum atomic E-state index is 12.4. The second-order valence-electron chi connectivity index (χ2n) is 7.10. The lowest BCUT2D eigenvalue weighted by Gasteiger charge is -2.34. The van der Waals surface area contributed by atoms with Gasteiger partial charge in [0.25, 0.3) is 0 Å². The molecule has 1 fully saturated rings. The lowest BCUT2D eigenvalue weighted by molar-refractivity contribution is -0.144. The van der Waals surface area contributed by atoms with Crippen molar-refractivity contribution >= 4 is 23.2 Å². The van der Waals surface area contributed by atoms with Gasteiger partial charge < -0.3 is 9.64 Å². The third-order valence-electron chi connectivity index (χ3n) is 4.92. The van der Waals surface area contributed by atoms with Crippen LogP contribution in [0.15, 0.2) is 29.4 Å². The van der Waals surface area contributed by atoms with Crippen LogP contribution in [0, 0.1) is 11.5 Å². The summed E-state index contributed by atoms with van der Waals surface area (Å²) in [6, 6.07) is 6.58. The number of carbonyl (C=O) groups is 1. The van der Waals surface area contributed by atoms with Crippen LogP contribution in [0.4, 0.5) is 13.2 Å². The molecule has 8 nitrogen and oxygen atoms in total. The predicted molar refractivity (Wildman–Crippen MR) is 107 cm³/mol. The monoisotopic (exact) mass is 458 g/mol. The Morgan fingerprint density at radius 3 is 2.74 bits per heavy atom. The number of nitriles is 1. The van der Waals surface area contributed by atoms with Crippen molar-refractivity contribution in [3.05, 3.63) is 34.9 Å². The number of ether oxygens (including phenoxy) is 1. The number of amides is 1. The molecule has 1 aromatic carbocycles. The smallest absolute Gasteiger partial charge is 0.370 e. The van der Waals surface area contributed by atoms with Crippen molar-refractivity contribution in [2.24, 2.45) is 5.10 Å². The summed E-state index contributed by atoms with van der Waals surface area (Å²) in [6.45, 7) is 1.04. The van der Waals surface area contributed by atoms with Gasteiger partial charge in [-0.3, -0.25) is 20.4 Å². The van der Waals surface area contributed by atoms with Crippen LogP contribution in [0.25, 0.3) is 0 Å². The van der Waals surface area contributed by atoms with Gasteiger partial charge in [-0.05, 0) is 25.1 Å². The van der Waals surface area contributed by atoms with E-state index in [1.165, 1.54) is 5.01 Å². The molecule has 2 N–H and O–H groups in total. The summed E-state index contributed by atoms with van der Waals surface area (Å²) in [6.07, 6.45) is -4.32. The number of morpholine rings is 1. The minimum atomic E-state index is -4.24. The van der Waals surface area contributed by atoms with E-state index in [1.54, 1.807) is 35.4 Å². The highest BCUT2D eigenvalue weighted by atomic mass is 35.5. The lowest BCUT2D eigenvalue weighted by atomic mass is 10.0. The Morgan fingerprint density at radius 1 is 1.35 bits per heavy atom. The Hall–Kier alpha value is -2.55. The van der Waals surface area contributed by atoms with Gasteiger partial charge in [0, 0.05) is 23.6 Å². The second kappa shape index (κ2) is 10.2. The zero-order valence-electron chi connectivity index (χ0n) is 16.5. The summed E-state index contributed by atoms with van der Waals surface area (Å²) in [5, 5.41) is 21.2. The molecule has 1 saturated heterocycles. The van der Waals surface area contributed by atoms with Gasteiger partial charge in [-0.25, -0.2) is 0 Å². The largest absolute Gasteiger partial charge is 0.389 e. The first kappa shape index (κ1) is 23.1. The van der Waals surface area contributed by atoms with E-state index < -0.39 is 24.9 Å². The molecule has 0 saturated carbocycles. The van der Waals surface area contributed by atoms with Crippen LogP contribution in [-0.2, 0) is 9.53 Å². The average molecular weight is 459 g/mol. The molecule has 2 aliphatic heterocycles. The summed E-state index contributed by atoms with van der Waals surface area (Å²) < 4.78 is 42.4. The number of hydrogen-bond donors (Lipinski definition) is 2. The number of hydrazone groups is 1. The summed E-state index contributed by atoms with van der Waals surface area (Å²) >= 11 is 5.98. The topological polar surface area (TPSA) is 93.0 Å².